The number of hydrogen-bond acceptors (Lipinski definition) is 5. The van der Waals surface area contributed by atoms with Gasteiger partial charge in [-0.2, -0.15) is 0 Å². The van der Waals surface area contributed by atoms with Gasteiger partial charge in [0, 0.05) is 23.6 Å². The zero-order valence-corrected chi connectivity index (χ0v) is 18.5. The second-order valence-electron chi connectivity index (χ2n) is 8.67. The Bertz CT molecular complexity index is 1080. The van der Waals surface area contributed by atoms with Crippen molar-refractivity contribution < 1.29 is 24.1 Å². The molecule has 1 aromatic carbocycles. The number of allylic oxidation sites excluding steroid dienone is 5. The molecule has 0 amide bonds. The monoisotopic (exact) mass is 420 g/mol. The molecule has 1 atom stereocenters. The minimum Gasteiger partial charge on any atom is -0.489 e. The van der Waals surface area contributed by atoms with Crippen molar-refractivity contribution in [1.29, 1.82) is 0 Å². The van der Waals surface area contributed by atoms with Crippen LogP contribution in [-0.4, -0.2) is 36.3 Å². The molecule has 0 radical (unpaired) electrons. The maximum absolute atomic E-state index is 12.5. The van der Waals surface area contributed by atoms with E-state index in [9.17, 15) is 9.90 Å². The minimum atomic E-state index is -1.16. The Kier molecular flexibility index (Phi) is 5.63. The lowest BCUT2D eigenvalue weighted by molar-refractivity contribution is -0.114. The van der Waals surface area contributed by atoms with Crippen molar-refractivity contribution in [3.8, 4) is 11.5 Å². The molecule has 5 nitrogen and oxygen atoms in total. The van der Waals surface area contributed by atoms with E-state index < -0.39 is 5.60 Å². The van der Waals surface area contributed by atoms with Crippen molar-refractivity contribution in [2.45, 2.75) is 39.7 Å². The summed E-state index contributed by atoms with van der Waals surface area (Å²) < 4.78 is 17.4. The average molecular weight is 421 g/mol. The molecule has 1 unspecified atom stereocenters. The lowest BCUT2D eigenvalue weighted by Gasteiger charge is -2.33. The van der Waals surface area contributed by atoms with Crippen LogP contribution in [0.2, 0.25) is 0 Å². The normalized spacial score (nSPS) is 21.1. The molecule has 0 saturated carbocycles. The largest absolute Gasteiger partial charge is 0.489 e. The first kappa shape index (κ1) is 21.2. The van der Waals surface area contributed by atoms with Gasteiger partial charge in [-0.05, 0) is 75.3 Å². The molecule has 0 aromatic heterocycles. The molecule has 1 aromatic rings. The van der Waals surface area contributed by atoms with Crippen LogP contribution in [0.4, 0.5) is 0 Å². The van der Waals surface area contributed by atoms with Gasteiger partial charge in [0.25, 0.3) is 0 Å². The molecule has 0 spiro atoms. The average Bonchev–Trinajstić information content (AvgIpc) is 2.99. The van der Waals surface area contributed by atoms with Crippen LogP contribution in [0.25, 0.3) is 5.57 Å². The highest BCUT2D eigenvalue weighted by molar-refractivity contribution is 6.07. The van der Waals surface area contributed by atoms with Crippen LogP contribution in [0.15, 0.2) is 70.6 Å². The summed E-state index contributed by atoms with van der Waals surface area (Å²) in [5.74, 6) is 1.50. The van der Waals surface area contributed by atoms with Crippen molar-refractivity contribution in [3.63, 3.8) is 0 Å². The summed E-state index contributed by atoms with van der Waals surface area (Å²) in [4.78, 5) is 12.5. The van der Waals surface area contributed by atoms with Crippen molar-refractivity contribution in [2.24, 2.45) is 0 Å². The number of fused-ring (bicyclic) bond motifs is 4. The van der Waals surface area contributed by atoms with E-state index in [4.69, 9.17) is 14.2 Å². The molecule has 4 rings (SSSR count). The molecule has 1 N–H and O–H groups in total. The van der Waals surface area contributed by atoms with Gasteiger partial charge >= 0.3 is 0 Å². The van der Waals surface area contributed by atoms with E-state index in [1.165, 1.54) is 5.57 Å². The fraction of sp³-hybridized carbons (Fsp3) is 0.346. The highest BCUT2D eigenvalue weighted by atomic mass is 16.5. The summed E-state index contributed by atoms with van der Waals surface area (Å²) in [6.45, 7) is 8.97. The number of hydrogen-bond donors (Lipinski definition) is 1. The van der Waals surface area contributed by atoms with Crippen LogP contribution in [0, 0.1) is 0 Å². The van der Waals surface area contributed by atoms with Crippen LogP contribution in [0.5, 0.6) is 11.5 Å². The van der Waals surface area contributed by atoms with Gasteiger partial charge in [-0.1, -0.05) is 11.1 Å². The zero-order chi connectivity index (χ0) is 22.2. The van der Waals surface area contributed by atoms with Crippen molar-refractivity contribution in [3.05, 3.63) is 76.1 Å². The highest BCUT2D eigenvalue weighted by Gasteiger charge is 2.47. The SMILES string of the molecule is CC(C)=CCOC1=CC2=C3c4ccc(OCC=C(C)C)cc4OCC3(O)CC2=CC1=O. The van der Waals surface area contributed by atoms with E-state index in [0.717, 1.165) is 27.9 Å². The van der Waals surface area contributed by atoms with Crippen LogP contribution in [-0.2, 0) is 9.53 Å². The molecule has 2 aliphatic carbocycles. The second-order valence-corrected chi connectivity index (χ2v) is 8.67. The van der Waals surface area contributed by atoms with Gasteiger partial charge in [0.05, 0.1) is 0 Å². The van der Waals surface area contributed by atoms with Gasteiger partial charge in [0.2, 0.25) is 5.78 Å². The maximum atomic E-state index is 12.5. The van der Waals surface area contributed by atoms with Crippen LogP contribution >= 0.6 is 0 Å². The fourth-order valence-corrected chi connectivity index (χ4v) is 3.99. The van der Waals surface area contributed by atoms with Gasteiger partial charge in [0.1, 0.15) is 36.9 Å². The molecule has 1 aliphatic heterocycles. The predicted octanol–water partition coefficient (Wildman–Crippen LogP) is 4.69. The summed E-state index contributed by atoms with van der Waals surface area (Å²) in [7, 11) is 0. The Labute approximate surface area is 183 Å². The third-order valence-electron chi connectivity index (χ3n) is 5.55. The number of benzene rings is 1. The molecule has 31 heavy (non-hydrogen) atoms. The summed E-state index contributed by atoms with van der Waals surface area (Å²) in [5.41, 5.74) is 4.42. The summed E-state index contributed by atoms with van der Waals surface area (Å²) in [6, 6.07) is 5.65. The van der Waals surface area contributed by atoms with Crippen molar-refractivity contribution >= 4 is 11.4 Å². The molecule has 0 saturated heterocycles. The lowest BCUT2D eigenvalue weighted by Crippen LogP contribution is -2.38. The van der Waals surface area contributed by atoms with E-state index >= 15 is 0 Å². The number of ether oxygens (including phenoxy) is 3. The van der Waals surface area contributed by atoms with E-state index in [1.54, 1.807) is 12.2 Å². The van der Waals surface area contributed by atoms with Crippen LogP contribution in [0.1, 0.15) is 39.7 Å². The second kappa shape index (κ2) is 8.23. The molecule has 1 heterocycles. The number of carbonyl (C=O) groups excluding carboxylic acids is 1. The third-order valence-corrected chi connectivity index (χ3v) is 5.55. The third kappa shape index (κ3) is 4.23. The van der Waals surface area contributed by atoms with E-state index in [2.05, 4.69) is 0 Å². The number of rotatable bonds is 6. The van der Waals surface area contributed by atoms with Crippen LogP contribution < -0.4 is 9.47 Å². The zero-order valence-electron chi connectivity index (χ0n) is 18.5. The fourth-order valence-electron chi connectivity index (χ4n) is 3.99. The first-order valence-corrected chi connectivity index (χ1v) is 10.5. The van der Waals surface area contributed by atoms with Crippen molar-refractivity contribution in [1.82, 2.24) is 0 Å². The molecule has 0 bridgehead atoms. The summed E-state index contributed by atoms with van der Waals surface area (Å²) in [5, 5.41) is 11.3. The van der Waals surface area contributed by atoms with Gasteiger partial charge < -0.3 is 19.3 Å². The van der Waals surface area contributed by atoms with E-state index in [0.29, 0.717) is 36.9 Å². The van der Waals surface area contributed by atoms with Gasteiger partial charge in [-0.15, -0.1) is 0 Å². The topological polar surface area (TPSA) is 65.0 Å². The Hall–Kier alpha value is -3.05. The number of carbonyl (C=O) groups is 1. The first-order valence-electron chi connectivity index (χ1n) is 10.5. The first-order chi connectivity index (χ1) is 14.8. The van der Waals surface area contributed by atoms with Crippen LogP contribution in [0.3, 0.4) is 0 Å². The van der Waals surface area contributed by atoms with E-state index in [1.807, 2.05) is 58.0 Å². The van der Waals surface area contributed by atoms with E-state index in [-0.39, 0.29) is 12.4 Å². The smallest absolute Gasteiger partial charge is 0.220 e. The molecule has 3 aliphatic rings. The standard InChI is InChI=1S/C26H28O5/c1-16(2)7-9-29-19-5-6-20-23(12-19)31-15-26(28)14-18-11-22(27)24(13-21(18)25(20)26)30-10-8-17(3)4/h5-8,11-13,28H,9-10,14-15H2,1-4H3. The molecular formula is C26H28O5. The summed E-state index contributed by atoms with van der Waals surface area (Å²) >= 11 is 0. The quantitative estimate of drug-likeness (QED) is 0.677. The lowest BCUT2D eigenvalue weighted by atomic mass is 9.87. The molecular weight excluding hydrogens is 392 g/mol. The molecule has 162 valence electrons. The molecule has 0 fully saturated rings. The Morgan fingerprint density at radius 1 is 1.10 bits per heavy atom. The Morgan fingerprint density at radius 2 is 1.81 bits per heavy atom. The Morgan fingerprint density at radius 3 is 2.52 bits per heavy atom. The molecule has 5 heteroatoms. The number of aliphatic hydroxyl groups is 1. The van der Waals surface area contributed by atoms with Gasteiger partial charge in [0.15, 0.2) is 5.76 Å². The summed E-state index contributed by atoms with van der Waals surface area (Å²) in [6.07, 6.45) is 7.62. The minimum absolute atomic E-state index is 0.129. The predicted molar refractivity (Wildman–Crippen MR) is 120 cm³/mol. The van der Waals surface area contributed by atoms with Gasteiger partial charge in [-0.3, -0.25) is 4.79 Å². The van der Waals surface area contributed by atoms with Gasteiger partial charge in [-0.25, -0.2) is 0 Å². The Balaban J connectivity index is 1.69. The maximum Gasteiger partial charge on any atom is 0.220 e. The highest BCUT2D eigenvalue weighted by Crippen LogP contribution is 2.52. The number of ketones is 1. The van der Waals surface area contributed by atoms with Crippen molar-refractivity contribution in [2.75, 3.05) is 19.8 Å².